The predicted octanol–water partition coefficient (Wildman–Crippen LogP) is 1.66. The van der Waals surface area contributed by atoms with Crippen LogP contribution in [0.1, 0.15) is 0 Å². The van der Waals surface area contributed by atoms with E-state index in [-0.39, 0.29) is 5.91 Å². The number of carbonyl (C=O) groups excluding carboxylic acids is 1. The summed E-state index contributed by atoms with van der Waals surface area (Å²) < 4.78 is 13.7. The van der Waals surface area contributed by atoms with Gasteiger partial charge in [-0.15, -0.1) is 0 Å². The average Bonchev–Trinajstić information content (AvgIpc) is 3.16. The van der Waals surface area contributed by atoms with Crippen LogP contribution in [-0.2, 0) is 11.8 Å². The van der Waals surface area contributed by atoms with Crippen LogP contribution in [0.4, 0.5) is 11.5 Å². The number of rotatable bonds is 4. The zero-order valence-electron chi connectivity index (χ0n) is 17.0. The summed E-state index contributed by atoms with van der Waals surface area (Å²) in [5.74, 6) is 2.15. The van der Waals surface area contributed by atoms with Crippen molar-refractivity contribution in [3.05, 3.63) is 29.1 Å². The Morgan fingerprint density at radius 3 is 2.65 bits per heavy atom. The van der Waals surface area contributed by atoms with Crippen molar-refractivity contribution in [3.8, 4) is 11.5 Å². The fraction of sp³-hybridized carbons (Fsp3) is 0.400. The van der Waals surface area contributed by atoms with Gasteiger partial charge in [0, 0.05) is 49.8 Å². The van der Waals surface area contributed by atoms with Crippen LogP contribution >= 0.6 is 15.9 Å². The molecular weight excluding hydrogens is 466 g/mol. The van der Waals surface area contributed by atoms with Crippen molar-refractivity contribution in [1.29, 1.82) is 0 Å². The molecule has 0 unspecified atom stereocenters. The lowest BCUT2D eigenvalue weighted by atomic mass is 10.2. The van der Waals surface area contributed by atoms with E-state index in [0.29, 0.717) is 36.9 Å². The first kappa shape index (κ1) is 20.0. The Bertz CT molecular complexity index is 1130. The highest BCUT2D eigenvalue weighted by Gasteiger charge is 2.23. The van der Waals surface area contributed by atoms with Gasteiger partial charge >= 0.3 is 0 Å². The fourth-order valence-electron chi connectivity index (χ4n) is 3.87. The number of aromatic nitrogens is 4. The number of piperazine rings is 1. The van der Waals surface area contributed by atoms with Gasteiger partial charge in [0.2, 0.25) is 5.91 Å². The van der Waals surface area contributed by atoms with Gasteiger partial charge in [-0.2, -0.15) is 5.10 Å². The summed E-state index contributed by atoms with van der Waals surface area (Å²) in [5.41, 5.74) is 1.49. The smallest absolute Gasteiger partial charge is 0.238 e. The number of fused-ring (bicyclic) bond motifs is 2. The van der Waals surface area contributed by atoms with E-state index in [4.69, 9.17) is 9.47 Å². The van der Waals surface area contributed by atoms with Crippen molar-refractivity contribution >= 4 is 44.4 Å². The highest BCUT2D eigenvalue weighted by molar-refractivity contribution is 9.10. The van der Waals surface area contributed by atoms with Crippen molar-refractivity contribution in [2.24, 2.45) is 7.05 Å². The van der Waals surface area contributed by atoms with Gasteiger partial charge in [0.25, 0.3) is 0 Å². The number of hydrogen-bond donors (Lipinski definition) is 1. The number of ether oxygens (including phenoxy) is 2. The molecule has 11 heteroatoms. The molecule has 0 radical (unpaired) electrons. The minimum absolute atomic E-state index is 0.0671. The lowest BCUT2D eigenvalue weighted by molar-refractivity contribution is -0.117. The number of nitrogens with one attached hydrogen (secondary N) is 1. The van der Waals surface area contributed by atoms with Crippen LogP contribution in [0.5, 0.6) is 11.5 Å². The monoisotopic (exact) mass is 487 g/mol. The van der Waals surface area contributed by atoms with Gasteiger partial charge in [-0.3, -0.25) is 14.4 Å². The number of carbonyl (C=O) groups is 1. The van der Waals surface area contributed by atoms with E-state index >= 15 is 0 Å². The number of hydrogen-bond acceptors (Lipinski definition) is 8. The summed E-state index contributed by atoms with van der Waals surface area (Å²) in [5, 5.41) is 8.20. The molecule has 1 saturated heterocycles. The molecule has 0 atom stereocenters. The fourth-order valence-corrected chi connectivity index (χ4v) is 4.29. The molecule has 5 rings (SSSR count). The predicted molar refractivity (Wildman–Crippen MR) is 119 cm³/mol. The summed E-state index contributed by atoms with van der Waals surface area (Å²) in [7, 11) is 1.87. The minimum Gasteiger partial charge on any atom is -0.486 e. The maximum atomic E-state index is 12.6. The van der Waals surface area contributed by atoms with Gasteiger partial charge in [0.15, 0.2) is 17.1 Å². The lowest BCUT2D eigenvalue weighted by Gasteiger charge is -2.35. The van der Waals surface area contributed by atoms with E-state index < -0.39 is 0 Å². The molecule has 2 aliphatic heterocycles. The van der Waals surface area contributed by atoms with Crippen molar-refractivity contribution in [2.45, 2.75) is 0 Å². The zero-order valence-corrected chi connectivity index (χ0v) is 18.6. The molecule has 2 aliphatic rings. The van der Waals surface area contributed by atoms with Crippen LogP contribution in [0.3, 0.4) is 0 Å². The summed E-state index contributed by atoms with van der Waals surface area (Å²) >= 11 is 3.49. The third-order valence-corrected chi connectivity index (χ3v) is 6.11. The van der Waals surface area contributed by atoms with Crippen molar-refractivity contribution in [2.75, 3.05) is 56.2 Å². The van der Waals surface area contributed by atoms with Gasteiger partial charge in [0.1, 0.15) is 25.4 Å². The molecule has 0 bridgehead atoms. The van der Waals surface area contributed by atoms with Gasteiger partial charge in [0.05, 0.1) is 23.8 Å². The Balaban J connectivity index is 1.19. The summed E-state index contributed by atoms with van der Waals surface area (Å²) in [4.78, 5) is 25.8. The van der Waals surface area contributed by atoms with Crippen molar-refractivity contribution in [3.63, 3.8) is 0 Å². The molecule has 0 aliphatic carbocycles. The van der Waals surface area contributed by atoms with E-state index in [2.05, 4.69) is 46.1 Å². The number of amides is 1. The number of benzene rings is 1. The summed E-state index contributed by atoms with van der Waals surface area (Å²) in [6, 6.07) is 3.62. The zero-order chi connectivity index (χ0) is 21.4. The van der Waals surface area contributed by atoms with Crippen LogP contribution in [0.15, 0.2) is 29.1 Å². The van der Waals surface area contributed by atoms with E-state index in [0.717, 1.165) is 47.5 Å². The number of nitrogens with zero attached hydrogens (tertiary/aromatic N) is 6. The third-order valence-electron chi connectivity index (χ3n) is 5.45. The molecular formula is C20H22BrN7O3. The van der Waals surface area contributed by atoms with Crippen LogP contribution in [0.25, 0.3) is 11.0 Å². The Hall–Kier alpha value is -2.92. The largest absolute Gasteiger partial charge is 0.486 e. The van der Waals surface area contributed by atoms with Gasteiger partial charge in [-0.1, -0.05) is 0 Å². The highest BCUT2D eigenvalue weighted by atomic mass is 79.9. The van der Waals surface area contributed by atoms with Crippen LogP contribution in [0, 0.1) is 0 Å². The van der Waals surface area contributed by atoms with E-state index in [1.165, 1.54) is 0 Å². The lowest BCUT2D eigenvalue weighted by Crippen LogP contribution is -2.49. The molecule has 31 heavy (non-hydrogen) atoms. The third kappa shape index (κ3) is 4.02. The SMILES string of the molecule is Cn1ncc2c(N3CCN(CC(=O)Nc4cc5c(cc4Br)OCCO5)CC3)ncnc21. The van der Waals surface area contributed by atoms with Crippen molar-refractivity contribution in [1.82, 2.24) is 24.6 Å². The van der Waals surface area contributed by atoms with Crippen LogP contribution < -0.4 is 19.7 Å². The second-order valence-corrected chi connectivity index (χ2v) is 8.34. The minimum atomic E-state index is -0.0671. The molecule has 1 amide bonds. The average molecular weight is 488 g/mol. The molecule has 162 valence electrons. The molecule has 2 aromatic heterocycles. The number of aryl methyl sites for hydroxylation is 1. The molecule has 3 aromatic rings. The maximum absolute atomic E-state index is 12.6. The molecule has 0 saturated carbocycles. The molecule has 0 spiro atoms. The Labute approximate surface area is 187 Å². The normalized spacial score (nSPS) is 16.5. The molecule has 1 fully saturated rings. The van der Waals surface area contributed by atoms with Crippen LogP contribution in [0.2, 0.25) is 0 Å². The van der Waals surface area contributed by atoms with Gasteiger partial charge < -0.3 is 19.7 Å². The van der Waals surface area contributed by atoms with E-state index in [1.54, 1.807) is 23.3 Å². The molecule has 1 aromatic carbocycles. The Morgan fingerprint density at radius 1 is 1.13 bits per heavy atom. The first-order chi connectivity index (χ1) is 15.1. The van der Waals surface area contributed by atoms with Crippen molar-refractivity contribution < 1.29 is 14.3 Å². The maximum Gasteiger partial charge on any atom is 0.238 e. The Morgan fingerprint density at radius 2 is 1.87 bits per heavy atom. The van der Waals surface area contributed by atoms with Gasteiger partial charge in [-0.25, -0.2) is 9.97 Å². The number of anilines is 2. The summed E-state index contributed by atoms with van der Waals surface area (Å²) in [6.45, 7) is 4.44. The van der Waals surface area contributed by atoms with E-state index in [1.807, 2.05) is 13.1 Å². The topological polar surface area (TPSA) is 97.6 Å². The molecule has 1 N–H and O–H groups in total. The highest BCUT2D eigenvalue weighted by Crippen LogP contribution is 2.38. The molecule has 10 nitrogen and oxygen atoms in total. The standard InChI is InChI=1S/C20H22BrN7O3/c1-26-19-13(10-24-26)20(23-12-22-19)28-4-2-27(3-5-28)11-18(29)25-15-9-17-16(8-14(15)21)30-6-7-31-17/h8-10,12H,2-7,11H2,1H3,(H,25,29). The Kier molecular flexibility index (Phi) is 5.36. The first-order valence-corrected chi connectivity index (χ1v) is 10.9. The van der Waals surface area contributed by atoms with Gasteiger partial charge in [-0.05, 0) is 15.9 Å². The molecule has 4 heterocycles. The first-order valence-electron chi connectivity index (χ1n) is 10.1. The summed E-state index contributed by atoms with van der Waals surface area (Å²) in [6.07, 6.45) is 3.38. The van der Waals surface area contributed by atoms with E-state index in [9.17, 15) is 4.79 Å². The second-order valence-electron chi connectivity index (χ2n) is 7.49. The number of halogens is 1. The quantitative estimate of drug-likeness (QED) is 0.593. The second kappa shape index (κ2) is 8.31. The van der Waals surface area contributed by atoms with Crippen LogP contribution in [-0.4, -0.2) is 76.5 Å².